The van der Waals surface area contributed by atoms with Gasteiger partial charge >= 0.3 is 0 Å². The Bertz CT molecular complexity index is 331. The fourth-order valence-electron chi connectivity index (χ4n) is 2.45. The highest BCUT2D eigenvalue weighted by Crippen LogP contribution is 2.21. The Morgan fingerprint density at radius 1 is 1.06 bits per heavy atom. The van der Waals surface area contributed by atoms with Gasteiger partial charge in [0, 0.05) is 27.7 Å². The van der Waals surface area contributed by atoms with Crippen molar-refractivity contribution in [2.24, 2.45) is 0 Å². The molecule has 0 amide bonds. The van der Waals surface area contributed by atoms with Crippen molar-refractivity contribution in [3.8, 4) is 0 Å². The van der Waals surface area contributed by atoms with E-state index in [1.54, 1.807) is 0 Å². The smallest absolute Gasteiger partial charge is 0.0176 e. The Morgan fingerprint density at radius 2 is 1.72 bits per heavy atom. The molecule has 1 saturated carbocycles. The summed E-state index contributed by atoms with van der Waals surface area (Å²) in [4.78, 5) is 1.36. The number of hydrogen-bond donors (Lipinski definition) is 1. The van der Waals surface area contributed by atoms with E-state index in [1.165, 1.54) is 43.4 Å². The van der Waals surface area contributed by atoms with Crippen molar-refractivity contribution in [3.63, 3.8) is 0 Å². The summed E-state index contributed by atoms with van der Waals surface area (Å²) >= 11 is 5.40. The van der Waals surface area contributed by atoms with Gasteiger partial charge in [-0.3, -0.25) is 0 Å². The molecule has 1 aromatic rings. The highest BCUT2D eigenvalue weighted by atomic mass is 79.9. The monoisotopic (exact) mass is 327 g/mol. The molecule has 0 spiro atoms. The van der Waals surface area contributed by atoms with Crippen LogP contribution in [0, 0.1) is 0 Å². The van der Waals surface area contributed by atoms with E-state index in [1.807, 2.05) is 11.8 Å². The van der Waals surface area contributed by atoms with Crippen LogP contribution in [0.1, 0.15) is 38.5 Å². The van der Waals surface area contributed by atoms with Crippen molar-refractivity contribution in [1.82, 2.24) is 5.32 Å². The molecule has 0 aliphatic heterocycles. The van der Waals surface area contributed by atoms with E-state index in [-0.39, 0.29) is 0 Å². The molecule has 1 aliphatic rings. The van der Waals surface area contributed by atoms with Crippen LogP contribution in [0.3, 0.4) is 0 Å². The summed E-state index contributed by atoms with van der Waals surface area (Å²) in [7, 11) is 0. The highest BCUT2D eigenvalue weighted by molar-refractivity contribution is 9.10. The third kappa shape index (κ3) is 5.33. The standard InChI is InChI=1S/C15H22BrNS/c16-13-7-9-15(10-8-13)18-12-11-17-14-5-3-1-2-4-6-14/h7-10,14,17H,1-6,11-12H2. The molecule has 18 heavy (non-hydrogen) atoms. The second kappa shape index (κ2) is 8.23. The lowest BCUT2D eigenvalue weighted by Gasteiger charge is -2.15. The van der Waals surface area contributed by atoms with Gasteiger partial charge in [-0.15, -0.1) is 11.8 Å². The second-order valence-corrected chi connectivity index (χ2v) is 7.03. The first kappa shape index (κ1) is 14.4. The number of nitrogens with one attached hydrogen (secondary N) is 1. The Labute approximate surface area is 123 Å². The van der Waals surface area contributed by atoms with Crippen molar-refractivity contribution in [2.45, 2.75) is 49.5 Å². The predicted octanol–water partition coefficient (Wildman–Crippen LogP) is 4.85. The van der Waals surface area contributed by atoms with Gasteiger partial charge in [-0.05, 0) is 37.1 Å². The summed E-state index contributed by atoms with van der Waals surface area (Å²) in [5.74, 6) is 1.16. The quantitative estimate of drug-likeness (QED) is 0.471. The van der Waals surface area contributed by atoms with Crippen LogP contribution in [0.5, 0.6) is 0 Å². The molecule has 3 heteroatoms. The van der Waals surface area contributed by atoms with E-state index >= 15 is 0 Å². The van der Waals surface area contributed by atoms with Crippen LogP contribution in [0.2, 0.25) is 0 Å². The van der Waals surface area contributed by atoms with Crippen LogP contribution >= 0.6 is 27.7 Å². The van der Waals surface area contributed by atoms with Gasteiger partial charge in [0.15, 0.2) is 0 Å². The Morgan fingerprint density at radius 3 is 2.39 bits per heavy atom. The SMILES string of the molecule is Brc1ccc(SCCNC2CCCCCC2)cc1. The Balaban J connectivity index is 1.61. The zero-order chi connectivity index (χ0) is 12.6. The minimum Gasteiger partial charge on any atom is -0.313 e. The Kier molecular flexibility index (Phi) is 6.60. The van der Waals surface area contributed by atoms with E-state index < -0.39 is 0 Å². The fourth-order valence-corrected chi connectivity index (χ4v) is 3.49. The zero-order valence-corrected chi connectivity index (χ0v) is 13.2. The minimum atomic E-state index is 0.776. The summed E-state index contributed by atoms with van der Waals surface area (Å²) in [5.41, 5.74) is 0. The first-order valence-corrected chi connectivity index (χ1v) is 8.74. The summed E-state index contributed by atoms with van der Waals surface area (Å²) in [5, 5.41) is 3.71. The average Bonchev–Trinajstić information content (AvgIpc) is 2.65. The molecule has 0 atom stereocenters. The number of halogens is 1. The van der Waals surface area contributed by atoms with Crippen LogP contribution in [-0.4, -0.2) is 18.3 Å². The molecule has 1 N–H and O–H groups in total. The summed E-state index contributed by atoms with van der Waals surface area (Å²) < 4.78 is 1.16. The van der Waals surface area contributed by atoms with Gasteiger partial charge in [-0.25, -0.2) is 0 Å². The highest BCUT2D eigenvalue weighted by Gasteiger charge is 2.10. The molecule has 2 rings (SSSR count). The van der Waals surface area contributed by atoms with Gasteiger partial charge in [0.2, 0.25) is 0 Å². The van der Waals surface area contributed by atoms with E-state index in [0.717, 1.165) is 22.8 Å². The lowest BCUT2D eigenvalue weighted by molar-refractivity contribution is 0.474. The molecule has 1 aromatic carbocycles. The van der Waals surface area contributed by atoms with Gasteiger partial charge in [0.05, 0.1) is 0 Å². The molecule has 0 heterocycles. The Hall–Kier alpha value is 0.01000. The molecule has 1 fully saturated rings. The molecule has 0 saturated heterocycles. The third-order valence-corrected chi connectivity index (χ3v) is 5.02. The molecular formula is C15H22BrNS. The van der Waals surface area contributed by atoms with E-state index in [0.29, 0.717) is 0 Å². The lowest BCUT2D eigenvalue weighted by atomic mass is 10.1. The maximum atomic E-state index is 3.71. The lowest BCUT2D eigenvalue weighted by Crippen LogP contribution is -2.30. The van der Waals surface area contributed by atoms with Crippen molar-refractivity contribution in [1.29, 1.82) is 0 Å². The van der Waals surface area contributed by atoms with Crippen LogP contribution in [0.15, 0.2) is 33.6 Å². The van der Waals surface area contributed by atoms with E-state index in [2.05, 4.69) is 45.5 Å². The van der Waals surface area contributed by atoms with Gasteiger partial charge in [0.1, 0.15) is 0 Å². The molecule has 1 nitrogen and oxygen atoms in total. The predicted molar refractivity (Wildman–Crippen MR) is 84.4 cm³/mol. The zero-order valence-electron chi connectivity index (χ0n) is 10.8. The maximum absolute atomic E-state index is 3.71. The molecule has 0 bridgehead atoms. The maximum Gasteiger partial charge on any atom is 0.0176 e. The molecule has 1 aliphatic carbocycles. The topological polar surface area (TPSA) is 12.0 Å². The van der Waals surface area contributed by atoms with Gasteiger partial charge < -0.3 is 5.32 Å². The molecule has 100 valence electrons. The molecule has 0 aromatic heterocycles. The van der Waals surface area contributed by atoms with Crippen molar-refractivity contribution in [3.05, 3.63) is 28.7 Å². The van der Waals surface area contributed by atoms with E-state index in [4.69, 9.17) is 0 Å². The number of hydrogen-bond acceptors (Lipinski definition) is 2. The van der Waals surface area contributed by atoms with Crippen LogP contribution in [0.25, 0.3) is 0 Å². The summed E-state index contributed by atoms with van der Waals surface area (Å²) in [6, 6.07) is 9.36. The normalized spacial score (nSPS) is 17.6. The summed E-state index contributed by atoms with van der Waals surface area (Å²) in [6.07, 6.45) is 8.46. The summed E-state index contributed by atoms with van der Waals surface area (Å²) in [6.45, 7) is 1.13. The first-order chi connectivity index (χ1) is 8.84. The largest absolute Gasteiger partial charge is 0.313 e. The number of benzene rings is 1. The molecule has 0 unspecified atom stereocenters. The minimum absolute atomic E-state index is 0.776. The van der Waals surface area contributed by atoms with Gasteiger partial charge in [-0.2, -0.15) is 0 Å². The van der Waals surface area contributed by atoms with Gasteiger partial charge in [-0.1, -0.05) is 41.6 Å². The van der Waals surface area contributed by atoms with Crippen molar-refractivity contribution >= 4 is 27.7 Å². The van der Waals surface area contributed by atoms with Crippen LogP contribution < -0.4 is 5.32 Å². The van der Waals surface area contributed by atoms with Crippen LogP contribution in [0.4, 0.5) is 0 Å². The second-order valence-electron chi connectivity index (χ2n) is 4.94. The van der Waals surface area contributed by atoms with E-state index in [9.17, 15) is 0 Å². The molecular weight excluding hydrogens is 306 g/mol. The van der Waals surface area contributed by atoms with Gasteiger partial charge in [0.25, 0.3) is 0 Å². The first-order valence-electron chi connectivity index (χ1n) is 6.96. The fraction of sp³-hybridized carbons (Fsp3) is 0.600. The molecule has 0 radical (unpaired) electrons. The number of rotatable bonds is 5. The van der Waals surface area contributed by atoms with Crippen molar-refractivity contribution < 1.29 is 0 Å². The van der Waals surface area contributed by atoms with Crippen molar-refractivity contribution in [2.75, 3.05) is 12.3 Å². The number of thioether (sulfide) groups is 1. The van der Waals surface area contributed by atoms with Crippen LogP contribution in [-0.2, 0) is 0 Å². The average molecular weight is 328 g/mol. The third-order valence-electron chi connectivity index (χ3n) is 3.47.